The molecule has 0 fully saturated rings. The summed E-state index contributed by atoms with van der Waals surface area (Å²) in [5.74, 6) is 0.666. The molecule has 0 aliphatic carbocycles. The number of hydrogen-bond donors (Lipinski definition) is 1. The molecule has 25 heavy (non-hydrogen) atoms. The van der Waals surface area contributed by atoms with E-state index in [0.29, 0.717) is 16.4 Å². The largest absolute Gasteiger partial charge is 0.337 e. The summed E-state index contributed by atoms with van der Waals surface area (Å²) in [6, 6.07) is 10.9. The third kappa shape index (κ3) is 3.14. The molecule has 0 saturated heterocycles. The Morgan fingerprint density at radius 1 is 1.08 bits per heavy atom. The molecule has 0 bridgehead atoms. The number of nitrogens with one attached hydrogen (secondary N) is 1. The van der Waals surface area contributed by atoms with Gasteiger partial charge in [0.1, 0.15) is 5.82 Å². The van der Waals surface area contributed by atoms with Crippen LogP contribution in [-0.2, 0) is 6.42 Å². The van der Waals surface area contributed by atoms with Gasteiger partial charge in [-0.1, -0.05) is 17.7 Å². The third-order valence-electron chi connectivity index (χ3n) is 3.92. The van der Waals surface area contributed by atoms with E-state index in [-0.39, 0.29) is 12.2 Å². The second-order valence-corrected chi connectivity index (χ2v) is 6.04. The summed E-state index contributed by atoms with van der Waals surface area (Å²) >= 11 is 6.34. The second kappa shape index (κ2) is 6.45. The Hall–Kier alpha value is -3.05. The molecule has 3 heterocycles. The minimum atomic E-state index is 0.00942. The number of pyridine rings is 2. The lowest BCUT2D eigenvalue weighted by Gasteiger charge is -2.06. The number of benzene rings is 1. The minimum absolute atomic E-state index is 0.00942. The third-order valence-corrected chi connectivity index (χ3v) is 4.25. The van der Waals surface area contributed by atoms with Gasteiger partial charge in [-0.05, 0) is 35.9 Å². The number of hydrogen-bond acceptors (Lipinski definition) is 4. The monoisotopic (exact) mass is 348 g/mol. The fourth-order valence-corrected chi connectivity index (χ4v) is 2.87. The van der Waals surface area contributed by atoms with Gasteiger partial charge in [0.05, 0.1) is 22.3 Å². The lowest BCUT2D eigenvalue weighted by Crippen LogP contribution is -2.04. The van der Waals surface area contributed by atoms with Gasteiger partial charge in [-0.2, -0.15) is 0 Å². The SMILES string of the molecule is O=C(Cc1ccc(Cl)c(-c2nc3ccncc3[nH]2)c1)c1cccnc1. The molecule has 0 radical (unpaired) electrons. The summed E-state index contributed by atoms with van der Waals surface area (Å²) in [5, 5.41) is 0.574. The van der Waals surface area contributed by atoms with E-state index in [1.165, 1.54) is 0 Å². The molecular weight excluding hydrogens is 336 g/mol. The topological polar surface area (TPSA) is 71.5 Å². The number of H-pyrrole nitrogens is 1. The number of nitrogens with zero attached hydrogens (tertiary/aromatic N) is 3. The predicted octanol–water partition coefficient (Wildman–Crippen LogP) is 4.10. The van der Waals surface area contributed by atoms with Crippen LogP contribution in [0.25, 0.3) is 22.4 Å². The van der Waals surface area contributed by atoms with Gasteiger partial charge in [0.2, 0.25) is 0 Å². The predicted molar refractivity (Wildman–Crippen MR) is 96.6 cm³/mol. The Bertz CT molecular complexity index is 1030. The average Bonchev–Trinajstić information content (AvgIpc) is 3.08. The Morgan fingerprint density at radius 2 is 1.96 bits per heavy atom. The maximum absolute atomic E-state index is 12.4. The summed E-state index contributed by atoms with van der Waals surface area (Å²) in [5.41, 5.74) is 3.87. The molecule has 122 valence electrons. The van der Waals surface area contributed by atoms with Crippen molar-refractivity contribution in [1.29, 1.82) is 0 Å². The highest BCUT2D eigenvalue weighted by Gasteiger charge is 2.12. The highest BCUT2D eigenvalue weighted by molar-refractivity contribution is 6.33. The summed E-state index contributed by atoms with van der Waals surface area (Å²) in [6.45, 7) is 0. The highest BCUT2D eigenvalue weighted by atomic mass is 35.5. The summed E-state index contributed by atoms with van der Waals surface area (Å²) < 4.78 is 0. The fourth-order valence-electron chi connectivity index (χ4n) is 2.66. The van der Waals surface area contributed by atoms with Crippen LogP contribution in [0.5, 0.6) is 0 Å². The quantitative estimate of drug-likeness (QED) is 0.564. The van der Waals surface area contributed by atoms with E-state index in [1.807, 2.05) is 18.2 Å². The molecule has 3 aromatic heterocycles. The van der Waals surface area contributed by atoms with Gasteiger partial charge in [-0.3, -0.25) is 14.8 Å². The van der Waals surface area contributed by atoms with Gasteiger partial charge in [-0.15, -0.1) is 0 Å². The van der Waals surface area contributed by atoms with Crippen LogP contribution in [0, 0.1) is 0 Å². The smallest absolute Gasteiger partial charge is 0.168 e. The van der Waals surface area contributed by atoms with Crippen LogP contribution in [0.15, 0.2) is 61.2 Å². The second-order valence-electron chi connectivity index (χ2n) is 5.63. The van der Waals surface area contributed by atoms with E-state index in [4.69, 9.17) is 11.6 Å². The highest BCUT2D eigenvalue weighted by Crippen LogP contribution is 2.28. The molecule has 4 aromatic rings. The lowest BCUT2D eigenvalue weighted by atomic mass is 10.0. The van der Waals surface area contributed by atoms with Crippen LogP contribution in [-0.4, -0.2) is 25.7 Å². The first-order valence-electron chi connectivity index (χ1n) is 7.72. The molecule has 4 rings (SSSR count). The van der Waals surface area contributed by atoms with E-state index in [2.05, 4.69) is 19.9 Å². The number of aromatic nitrogens is 4. The number of imidazole rings is 1. The van der Waals surface area contributed by atoms with Gasteiger partial charge in [0.25, 0.3) is 0 Å². The van der Waals surface area contributed by atoms with E-state index >= 15 is 0 Å². The summed E-state index contributed by atoms with van der Waals surface area (Å²) in [6.07, 6.45) is 6.91. The number of rotatable bonds is 4. The Kier molecular flexibility index (Phi) is 3.99. The van der Waals surface area contributed by atoms with Crippen molar-refractivity contribution in [3.05, 3.63) is 77.3 Å². The average molecular weight is 349 g/mol. The zero-order chi connectivity index (χ0) is 17.2. The van der Waals surface area contributed by atoms with Crippen LogP contribution in [0.1, 0.15) is 15.9 Å². The fraction of sp³-hybridized carbons (Fsp3) is 0.0526. The number of fused-ring (bicyclic) bond motifs is 1. The number of ketones is 1. The molecule has 0 saturated carbocycles. The lowest BCUT2D eigenvalue weighted by molar-refractivity contribution is 0.0992. The van der Waals surface area contributed by atoms with E-state index in [1.54, 1.807) is 43.0 Å². The molecule has 0 unspecified atom stereocenters. The van der Waals surface area contributed by atoms with Crippen molar-refractivity contribution in [3.63, 3.8) is 0 Å². The zero-order valence-electron chi connectivity index (χ0n) is 13.1. The number of carbonyl (C=O) groups is 1. The molecule has 0 spiro atoms. The van der Waals surface area contributed by atoms with Crippen molar-refractivity contribution < 1.29 is 4.79 Å². The Balaban J connectivity index is 1.68. The normalized spacial score (nSPS) is 10.9. The van der Waals surface area contributed by atoms with E-state index in [9.17, 15) is 4.79 Å². The van der Waals surface area contributed by atoms with Gasteiger partial charge in [0.15, 0.2) is 5.78 Å². The van der Waals surface area contributed by atoms with Crippen molar-refractivity contribution in [2.75, 3.05) is 0 Å². The maximum atomic E-state index is 12.4. The van der Waals surface area contributed by atoms with Crippen LogP contribution in [0.2, 0.25) is 5.02 Å². The molecule has 0 aliphatic heterocycles. The van der Waals surface area contributed by atoms with Crippen molar-refractivity contribution in [2.24, 2.45) is 0 Å². The number of halogens is 1. The molecule has 1 aromatic carbocycles. The molecular formula is C19H13ClN4O. The van der Waals surface area contributed by atoms with Gasteiger partial charge in [0, 0.05) is 36.1 Å². The maximum Gasteiger partial charge on any atom is 0.168 e. The minimum Gasteiger partial charge on any atom is -0.337 e. The van der Waals surface area contributed by atoms with Crippen LogP contribution < -0.4 is 0 Å². The molecule has 0 atom stereocenters. The van der Waals surface area contributed by atoms with Crippen LogP contribution >= 0.6 is 11.6 Å². The standard InChI is InChI=1S/C19H13ClN4O/c20-15-4-3-12(9-18(25)13-2-1-6-21-10-13)8-14(15)19-23-16-5-7-22-11-17(16)24-19/h1-8,10-11H,9H2,(H,23,24). The van der Waals surface area contributed by atoms with Crippen molar-refractivity contribution in [1.82, 2.24) is 19.9 Å². The molecule has 0 amide bonds. The Morgan fingerprint density at radius 3 is 2.76 bits per heavy atom. The first-order valence-corrected chi connectivity index (χ1v) is 8.10. The summed E-state index contributed by atoms with van der Waals surface area (Å²) in [7, 11) is 0. The first kappa shape index (κ1) is 15.5. The van der Waals surface area contributed by atoms with Gasteiger partial charge < -0.3 is 4.98 Å². The van der Waals surface area contributed by atoms with E-state index in [0.717, 1.165) is 22.2 Å². The number of Topliss-reactive ketones (excluding diaryl/α,β-unsaturated/α-hetero) is 1. The van der Waals surface area contributed by atoms with Gasteiger partial charge in [-0.25, -0.2) is 4.98 Å². The van der Waals surface area contributed by atoms with Crippen molar-refractivity contribution >= 4 is 28.4 Å². The Labute approximate surface area is 148 Å². The molecule has 5 nitrogen and oxygen atoms in total. The number of carbonyl (C=O) groups excluding carboxylic acids is 1. The molecule has 6 heteroatoms. The van der Waals surface area contributed by atoms with Crippen LogP contribution in [0.4, 0.5) is 0 Å². The van der Waals surface area contributed by atoms with Gasteiger partial charge >= 0.3 is 0 Å². The number of aromatic amines is 1. The van der Waals surface area contributed by atoms with Crippen molar-refractivity contribution in [2.45, 2.75) is 6.42 Å². The van der Waals surface area contributed by atoms with E-state index < -0.39 is 0 Å². The molecule has 0 aliphatic rings. The zero-order valence-corrected chi connectivity index (χ0v) is 13.9. The summed E-state index contributed by atoms with van der Waals surface area (Å²) in [4.78, 5) is 28.2. The van der Waals surface area contributed by atoms with Crippen molar-refractivity contribution in [3.8, 4) is 11.4 Å². The van der Waals surface area contributed by atoms with Crippen LogP contribution in [0.3, 0.4) is 0 Å². The molecule has 1 N–H and O–H groups in total. The first-order chi connectivity index (χ1) is 12.2.